The van der Waals surface area contributed by atoms with Gasteiger partial charge in [0.15, 0.2) is 0 Å². The number of hydrogen-bond donors (Lipinski definition) is 4. The summed E-state index contributed by atoms with van der Waals surface area (Å²) >= 11 is 5.83. The highest BCUT2D eigenvalue weighted by molar-refractivity contribution is 6.30. The van der Waals surface area contributed by atoms with Gasteiger partial charge in [0, 0.05) is 24.4 Å². The highest BCUT2D eigenvalue weighted by Gasteiger charge is 2.17. The minimum Gasteiger partial charge on any atom is -0.497 e. The Labute approximate surface area is 184 Å². The second-order valence-electron chi connectivity index (χ2n) is 6.38. The van der Waals surface area contributed by atoms with E-state index in [-0.39, 0.29) is 11.4 Å². The quantitative estimate of drug-likeness (QED) is 0.346. The Hall–Kier alpha value is -3.91. The summed E-state index contributed by atoms with van der Waals surface area (Å²) in [5, 5.41) is 16.4. The maximum absolute atomic E-state index is 12.8. The molecule has 0 spiro atoms. The lowest BCUT2D eigenvalue weighted by atomic mass is 10.1. The van der Waals surface area contributed by atoms with Gasteiger partial charge in [-0.15, -0.1) is 0 Å². The Morgan fingerprint density at radius 2 is 1.68 bits per heavy atom. The number of rotatable bonds is 6. The molecule has 31 heavy (non-hydrogen) atoms. The highest BCUT2D eigenvalue weighted by atomic mass is 35.5. The number of halogens is 1. The van der Waals surface area contributed by atoms with E-state index in [1.807, 2.05) is 0 Å². The summed E-state index contributed by atoms with van der Waals surface area (Å²) in [6.45, 7) is 0. The van der Waals surface area contributed by atoms with Crippen molar-refractivity contribution >= 4 is 40.8 Å². The van der Waals surface area contributed by atoms with Crippen molar-refractivity contribution in [2.24, 2.45) is 0 Å². The number of amides is 2. The highest BCUT2D eigenvalue weighted by Crippen LogP contribution is 2.24. The van der Waals surface area contributed by atoms with Crippen molar-refractivity contribution in [1.82, 2.24) is 10.3 Å². The summed E-state index contributed by atoms with van der Waals surface area (Å²) in [5.41, 5.74) is 1.55. The van der Waals surface area contributed by atoms with Gasteiger partial charge in [-0.25, -0.2) is 4.98 Å². The number of carbonyl (C=O) groups excluding carboxylic acids is 2. The smallest absolute Gasteiger partial charge is 0.259 e. The van der Waals surface area contributed by atoms with Gasteiger partial charge in [0.05, 0.1) is 23.4 Å². The summed E-state index contributed by atoms with van der Waals surface area (Å²) in [7, 11) is 3.14. The molecule has 0 atom stereocenters. The van der Waals surface area contributed by atoms with E-state index in [2.05, 4.69) is 20.9 Å². The van der Waals surface area contributed by atoms with Crippen LogP contribution in [0, 0.1) is 5.41 Å². The summed E-state index contributed by atoms with van der Waals surface area (Å²) in [4.78, 5) is 29.6. The lowest BCUT2D eigenvalue weighted by molar-refractivity contribution is 0.102. The van der Waals surface area contributed by atoms with Crippen molar-refractivity contribution in [2.75, 3.05) is 24.8 Å². The van der Waals surface area contributed by atoms with Crippen molar-refractivity contribution in [3.8, 4) is 5.75 Å². The lowest BCUT2D eigenvalue weighted by Crippen LogP contribution is -2.20. The van der Waals surface area contributed by atoms with Crippen LogP contribution >= 0.6 is 11.6 Å². The molecule has 2 aromatic carbocycles. The van der Waals surface area contributed by atoms with E-state index in [0.29, 0.717) is 33.4 Å². The Balaban J connectivity index is 1.83. The summed E-state index contributed by atoms with van der Waals surface area (Å²) in [6, 6.07) is 14.5. The molecule has 8 nitrogen and oxygen atoms in total. The zero-order chi connectivity index (χ0) is 22.4. The zero-order valence-corrected chi connectivity index (χ0v) is 17.6. The molecular weight excluding hydrogens is 418 g/mol. The van der Waals surface area contributed by atoms with Crippen molar-refractivity contribution in [3.63, 3.8) is 0 Å². The molecule has 4 N–H and O–H groups in total. The molecule has 0 unspecified atom stereocenters. The molecule has 0 bridgehead atoms. The van der Waals surface area contributed by atoms with Crippen LogP contribution in [0.2, 0.25) is 5.02 Å². The molecule has 9 heteroatoms. The molecule has 0 radical (unpaired) electrons. The summed E-state index contributed by atoms with van der Waals surface area (Å²) in [6.07, 6.45) is 1.42. The Kier molecular flexibility index (Phi) is 6.84. The fourth-order valence-electron chi connectivity index (χ4n) is 2.71. The lowest BCUT2D eigenvalue weighted by Gasteiger charge is -2.13. The molecule has 0 aliphatic heterocycles. The second-order valence-corrected chi connectivity index (χ2v) is 6.82. The van der Waals surface area contributed by atoms with E-state index in [4.69, 9.17) is 21.7 Å². The molecule has 1 heterocycles. The first-order chi connectivity index (χ1) is 14.9. The molecule has 1 aromatic heterocycles. The second kappa shape index (κ2) is 9.73. The normalized spacial score (nSPS) is 10.2. The van der Waals surface area contributed by atoms with Gasteiger partial charge >= 0.3 is 0 Å². The first kappa shape index (κ1) is 21.8. The predicted octanol–water partition coefficient (Wildman–Crippen LogP) is 3.79. The van der Waals surface area contributed by atoms with Crippen LogP contribution < -0.4 is 20.7 Å². The average Bonchev–Trinajstić information content (AvgIpc) is 2.80. The van der Waals surface area contributed by atoms with E-state index in [1.165, 1.54) is 19.4 Å². The number of nitrogens with zero attached hydrogens (tertiary/aromatic N) is 1. The predicted molar refractivity (Wildman–Crippen MR) is 120 cm³/mol. The Morgan fingerprint density at radius 3 is 2.29 bits per heavy atom. The molecule has 0 fully saturated rings. The van der Waals surface area contributed by atoms with E-state index in [1.54, 1.807) is 55.6 Å². The third-order valence-corrected chi connectivity index (χ3v) is 4.60. The molecule has 0 saturated heterocycles. The van der Waals surface area contributed by atoms with Crippen LogP contribution in [0.4, 0.5) is 11.5 Å². The summed E-state index contributed by atoms with van der Waals surface area (Å²) in [5.74, 6) is 0.157. The molecule has 158 valence electrons. The zero-order valence-electron chi connectivity index (χ0n) is 16.8. The van der Waals surface area contributed by atoms with Crippen LogP contribution in [0.25, 0.3) is 0 Å². The number of hydrogen-bond acceptors (Lipinski definition) is 5. The average molecular weight is 438 g/mol. The van der Waals surface area contributed by atoms with Crippen molar-refractivity contribution in [3.05, 3.63) is 82.5 Å². The third kappa shape index (κ3) is 5.37. The molecular formula is C22H20ClN5O3. The van der Waals surface area contributed by atoms with Crippen LogP contribution in [-0.4, -0.2) is 36.8 Å². The number of ether oxygens (including phenoxy) is 1. The number of anilines is 2. The van der Waals surface area contributed by atoms with Crippen LogP contribution in [0.3, 0.4) is 0 Å². The molecule has 0 aliphatic rings. The maximum atomic E-state index is 12.8. The monoisotopic (exact) mass is 437 g/mol. The van der Waals surface area contributed by atoms with Gasteiger partial charge < -0.3 is 20.7 Å². The fourth-order valence-corrected chi connectivity index (χ4v) is 2.82. The molecule has 3 rings (SSSR count). The third-order valence-electron chi connectivity index (χ3n) is 4.37. The van der Waals surface area contributed by atoms with Gasteiger partial charge in [-0.3, -0.25) is 15.0 Å². The number of amidine groups is 1. The largest absolute Gasteiger partial charge is 0.497 e. The van der Waals surface area contributed by atoms with Crippen molar-refractivity contribution < 1.29 is 14.3 Å². The first-order valence-electron chi connectivity index (χ1n) is 9.20. The summed E-state index contributed by atoms with van der Waals surface area (Å²) < 4.78 is 5.21. The standard InChI is InChI=1S/C22H20ClN5O3/c1-25-20(24)13-3-5-14(6-4-13)21(29)27-18-9-8-16(31-2)11-17(18)22(30)28-19-10-7-15(23)12-26-19/h3-12H,1-2H3,(H2,24,25)(H,27,29)(H,26,28,30). The Morgan fingerprint density at radius 1 is 0.968 bits per heavy atom. The molecule has 0 aliphatic carbocycles. The van der Waals surface area contributed by atoms with E-state index >= 15 is 0 Å². The number of benzene rings is 2. The minimum atomic E-state index is -0.471. The topological polar surface area (TPSA) is 116 Å². The van der Waals surface area contributed by atoms with Gasteiger partial charge in [0.1, 0.15) is 17.4 Å². The first-order valence-corrected chi connectivity index (χ1v) is 9.58. The maximum Gasteiger partial charge on any atom is 0.259 e. The number of carbonyl (C=O) groups is 2. The van der Waals surface area contributed by atoms with E-state index < -0.39 is 11.8 Å². The SMILES string of the molecule is CNC(=N)c1ccc(C(=O)Nc2ccc(OC)cc2C(=O)Nc2ccc(Cl)cn2)cc1. The Bertz CT molecular complexity index is 1110. The van der Waals surface area contributed by atoms with Gasteiger partial charge in [-0.1, -0.05) is 23.7 Å². The van der Waals surface area contributed by atoms with Gasteiger partial charge in [0.2, 0.25) is 0 Å². The minimum absolute atomic E-state index is 0.207. The molecule has 0 saturated carbocycles. The molecule has 2 amide bonds. The van der Waals surface area contributed by atoms with Crippen LogP contribution in [0.15, 0.2) is 60.8 Å². The molecule has 3 aromatic rings. The fraction of sp³-hybridized carbons (Fsp3) is 0.0909. The van der Waals surface area contributed by atoms with Crippen LogP contribution in [-0.2, 0) is 0 Å². The number of pyridine rings is 1. The van der Waals surface area contributed by atoms with Crippen LogP contribution in [0.5, 0.6) is 5.75 Å². The van der Waals surface area contributed by atoms with Gasteiger partial charge in [-0.2, -0.15) is 0 Å². The van der Waals surface area contributed by atoms with E-state index in [9.17, 15) is 9.59 Å². The van der Waals surface area contributed by atoms with Crippen LogP contribution in [0.1, 0.15) is 26.3 Å². The number of aromatic nitrogens is 1. The van der Waals surface area contributed by atoms with Gasteiger partial charge in [-0.05, 0) is 42.5 Å². The number of methoxy groups -OCH3 is 1. The number of nitrogens with one attached hydrogen (secondary N) is 4. The van der Waals surface area contributed by atoms with Gasteiger partial charge in [0.25, 0.3) is 11.8 Å². The van der Waals surface area contributed by atoms with Crippen molar-refractivity contribution in [1.29, 1.82) is 5.41 Å². The van der Waals surface area contributed by atoms with Crippen molar-refractivity contribution in [2.45, 2.75) is 0 Å². The van der Waals surface area contributed by atoms with E-state index in [0.717, 1.165) is 0 Å².